The molecule has 3 aromatic rings. The van der Waals surface area contributed by atoms with Crippen molar-refractivity contribution in [3.8, 4) is 0 Å². The second-order valence-electron chi connectivity index (χ2n) is 6.78. The van der Waals surface area contributed by atoms with E-state index >= 15 is 0 Å². The van der Waals surface area contributed by atoms with Crippen molar-refractivity contribution in [3.05, 3.63) is 51.1 Å². The quantitative estimate of drug-likeness (QED) is 0.373. The molecule has 3 heterocycles. The number of fused-ring (bicyclic) bond motifs is 2. The Bertz CT molecular complexity index is 1170. The highest BCUT2D eigenvalue weighted by Crippen LogP contribution is 2.31. The minimum atomic E-state index is -0.391. The second-order valence-corrected chi connectivity index (χ2v) is 9.01. The third-order valence-electron chi connectivity index (χ3n) is 4.94. The van der Waals surface area contributed by atoms with E-state index in [0.29, 0.717) is 27.5 Å². The third-order valence-corrected chi connectivity index (χ3v) is 6.97. The van der Waals surface area contributed by atoms with Gasteiger partial charge in [-0.05, 0) is 48.6 Å². The van der Waals surface area contributed by atoms with Crippen molar-refractivity contribution in [2.45, 2.75) is 30.7 Å². The van der Waals surface area contributed by atoms with E-state index in [2.05, 4.69) is 4.98 Å². The first-order valence-corrected chi connectivity index (χ1v) is 10.7. The average molecular weight is 414 g/mol. The van der Waals surface area contributed by atoms with Gasteiger partial charge < -0.3 is 4.90 Å². The van der Waals surface area contributed by atoms with Crippen molar-refractivity contribution in [2.24, 2.45) is 7.05 Å². The molecule has 1 aliphatic rings. The molecule has 0 saturated carbocycles. The normalized spacial score (nSPS) is 14.3. The summed E-state index contributed by atoms with van der Waals surface area (Å²) in [7, 11) is 1.68. The largest absolute Gasteiger partial charge is 0.312 e. The smallest absolute Gasteiger partial charge is 0.271 e. The van der Waals surface area contributed by atoms with Crippen molar-refractivity contribution >= 4 is 50.7 Å². The van der Waals surface area contributed by atoms with Crippen molar-refractivity contribution in [1.29, 1.82) is 0 Å². The number of anilines is 1. The maximum absolute atomic E-state index is 13.0. The molecule has 0 radical (unpaired) electrons. The zero-order chi connectivity index (χ0) is 20.0. The number of ketones is 1. The van der Waals surface area contributed by atoms with Gasteiger partial charge in [0.1, 0.15) is 4.70 Å². The summed E-state index contributed by atoms with van der Waals surface area (Å²) in [5, 5.41) is 1.98. The molecule has 2 aromatic heterocycles. The summed E-state index contributed by atoms with van der Waals surface area (Å²) in [6.45, 7) is 4.03. The standard InChI is InChI=1S/C20H19N3O3S2/c1-11(28-20-21-15-7-9-27-18(15)19(26)22(20)3)17(25)14-4-5-16-13(10-14)6-8-23(16)12(2)24/h4-5,7,9-11H,6,8H2,1-3H3. The van der Waals surface area contributed by atoms with Crippen LogP contribution in [0.1, 0.15) is 29.8 Å². The molecule has 8 heteroatoms. The third kappa shape index (κ3) is 3.16. The Morgan fingerprint density at radius 1 is 1.29 bits per heavy atom. The van der Waals surface area contributed by atoms with Crippen LogP contribution in [0, 0.1) is 0 Å². The Balaban J connectivity index is 1.59. The molecule has 0 bridgehead atoms. The lowest BCUT2D eigenvalue weighted by molar-refractivity contribution is -0.116. The summed E-state index contributed by atoms with van der Waals surface area (Å²) in [4.78, 5) is 43.4. The topological polar surface area (TPSA) is 72.3 Å². The number of hydrogen-bond donors (Lipinski definition) is 0. The molecule has 0 N–H and O–H groups in total. The fourth-order valence-corrected chi connectivity index (χ4v) is 5.16. The monoisotopic (exact) mass is 413 g/mol. The van der Waals surface area contributed by atoms with E-state index in [-0.39, 0.29) is 17.2 Å². The highest BCUT2D eigenvalue weighted by molar-refractivity contribution is 8.00. The maximum Gasteiger partial charge on any atom is 0.271 e. The van der Waals surface area contributed by atoms with Crippen LogP contribution in [0.3, 0.4) is 0 Å². The molecule has 6 nitrogen and oxygen atoms in total. The van der Waals surface area contributed by atoms with Crippen LogP contribution in [0.5, 0.6) is 0 Å². The van der Waals surface area contributed by atoms with Crippen LogP contribution in [-0.4, -0.2) is 33.0 Å². The van der Waals surface area contributed by atoms with Crippen LogP contribution in [0.2, 0.25) is 0 Å². The van der Waals surface area contributed by atoms with Gasteiger partial charge in [0, 0.05) is 31.8 Å². The summed E-state index contributed by atoms with van der Waals surface area (Å²) in [5.41, 5.74) is 3.09. The predicted molar refractivity (Wildman–Crippen MR) is 113 cm³/mol. The fourth-order valence-electron chi connectivity index (χ4n) is 3.40. The zero-order valence-electron chi connectivity index (χ0n) is 15.8. The van der Waals surface area contributed by atoms with Crippen LogP contribution < -0.4 is 10.5 Å². The summed E-state index contributed by atoms with van der Waals surface area (Å²) in [5.74, 6) is -0.00805. The van der Waals surface area contributed by atoms with E-state index in [0.717, 1.165) is 17.7 Å². The molecule has 144 valence electrons. The van der Waals surface area contributed by atoms with Gasteiger partial charge in [0.15, 0.2) is 10.9 Å². The van der Waals surface area contributed by atoms with Crippen LogP contribution in [0.4, 0.5) is 5.69 Å². The van der Waals surface area contributed by atoms with E-state index in [9.17, 15) is 14.4 Å². The number of Topliss-reactive ketones (excluding diaryl/α,β-unsaturated/α-hetero) is 1. The molecule has 0 spiro atoms. The van der Waals surface area contributed by atoms with E-state index in [1.807, 2.05) is 30.5 Å². The first kappa shape index (κ1) is 18.9. The number of thiophene rings is 1. The fraction of sp³-hybridized carbons (Fsp3) is 0.300. The lowest BCUT2D eigenvalue weighted by Gasteiger charge is -2.16. The van der Waals surface area contributed by atoms with Gasteiger partial charge in [-0.2, -0.15) is 0 Å². The van der Waals surface area contributed by atoms with Crippen molar-refractivity contribution in [1.82, 2.24) is 9.55 Å². The molecule has 1 amide bonds. The lowest BCUT2D eigenvalue weighted by Crippen LogP contribution is -2.25. The molecule has 0 aliphatic carbocycles. The molecule has 1 unspecified atom stereocenters. The lowest BCUT2D eigenvalue weighted by atomic mass is 10.0. The SMILES string of the molecule is CC(=O)N1CCc2cc(C(=O)C(C)Sc3nc4ccsc4c(=O)n3C)ccc21. The van der Waals surface area contributed by atoms with Crippen LogP contribution >= 0.6 is 23.1 Å². The van der Waals surface area contributed by atoms with Gasteiger partial charge >= 0.3 is 0 Å². The number of thioether (sulfide) groups is 1. The molecule has 0 saturated heterocycles. The number of amides is 1. The number of nitrogens with zero attached hydrogens (tertiary/aromatic N) is 3. The Labute approximate surface area is 170 Å². The molecule has 1 atom stereocenters. The van der Waals surface area contributed by atoms with Gasteiger partial charge in [-0.15, -0.1) is 11.3 Å². The van der Waals surface area contributed by atoms with E-state index in [1.54, 1.807) is 24.9 Å². The van der Waals surface area contributed by atoms with E-state index < -0.39 is 5.25 Å². The first-order chi connectivity index (χ1) is 13.4. The van der Waals surface area contributed by atoms with Gasteiger partial charge in [-0.25, -0.2) is 4.98 Å². The average Bonchev–Trinajstić information content (AvgIpc) is 3.31. The molecular formula is C20H19N3O3S2. The first-order valence-electron chi connectivity index (χ1n) is 8.93. The zero-order valence-corrected chi connectivity index (χ0v) is 17.4. The Morgan fingerprint density at radius 2 is 2.07 bits per heavy atom. The minimum absolute atomic E-state index is 0.0116. The number of benzene rings is 1. The molecule has 1 aromatic carbocycles. The van der Waals surface area contributed by atoms with E-state index in [1.165, 1.54) is 27.7 Å². The van der Waals surface area contributed by atoms with Gasteiger partial charge in [0.25, 0.3) is 5.56 Å². The summed E-state index contributed by atoms with van der Waals surface area (Å²) >= 11 is 2.66. The van der Waals surface area contributed by atoms with E-state index in [4.69, 9.17) is 0 Å². The predicted octanol–water partition coefficient (Wildman–Crippen LogP) is 3.27. The number of rotatable bonds is 4. The molecular weight excluding hydrogens is 394 g/mol. The number of carbonyl (C=O) groups excluding carboxylic acids is 2. The van der Waals surface area contributed by atoms with Gasteiger partial charge in [-0.3, -0.25) is 19.0 Å². The second kappa shape index (κ2) is 7.18. The minimum Gasteiger partial charge on any atom is -0.312 e. The summed E-state index contributed by atoms with van der Waals surface area (Å²) < 4.78 is 2.13. The summed E-state index contributed by atoms with van der Waals surface area (Å²) in [6, 6.07) is 7.32. The Hall–Kier alpha value is -2.45. The van der Waals surface area contributed by atoms with Gasteiger partial charge in [0.2, 0.25) is 5.91 Å². The highest BCUT2D eigenvalue weighted by atomic mass is 32.2. The van der Waals surface area contributed by atoms with Crippen LogP contribution in [0.15, 0.2) is 39.6 Å². The number of hydrogen-bond acceptors (Lipinski definition) is 6. The Morgan fingerprint density at radius 3 is 2.82 bits per heavy atom. The molecule has 0 fully saturated rings. The molecule has 1 aliphatic heterocycles. The van der Waals surface area contributed by atoms with Crippen LogP contribution in [-0.2, 0) is 18.3 Å². The summed E-state index contributed by atoms with van der Waals surface area (Å²) in [6.07, 6.45) is 0.752. The highest BCUT2D eigenvalue weighted by Gasteiger charge is 2.25. The van der Waals surface area contributed by atoms with Gasteiger partial charge in [-0.1, -0.05) is 11.8 Å². The Kier molecular flexibility index (Phi) is 4.84. The number of aromatic nitrogens is 2. The van der Waals surface area contributed by atoms with Crippen molar-refractivity contribution in [3.63, 3.8) is 0 Å². The molecule has 4 rings (SSSR count). The molecule has 28 heavy (non-hydrogen) atoms. The van der Waals surface area contributed by atoms with Gasteiger partial charge in [0.05, 0.1) is 10.8 Å². The van der Waals surface area contributed by atoms with Crippen LogP contribution in [0.25, 0.3) is 10.2 Å². The van der Waals surface area contributed by atoms with Crippen molar-refractivity contribution < 1.29 is 9.59 Å². The van der Waals surface area contributed by atoms with Crippen molar-refractivity contribution in [2.75, 3.05) is 11.4 Å². The number of carbonyl (C=O) groups is 2. The maximum atomic E-state index is 13.0.